The normalized spacial score (nSPS) is 10.4. The lowest BCUT2D eigenvalue weighted by Crippen LogP contribution is -2.02. The van der Waals surface area contributed by atoms with E-state index in [0.29, 0.717) is 0 Å². The molecule has 1 heterocycles. The Labute approximate surface area is 82.6 Å². The molecule has 0 aliphatic carbocycles. The Bertz CT molecular complexity index is 394. The molecule has 4 nitrogen and oxygen atoms in total. The number of para-hydroxylation sites is 1. The van der Waals surface area contributed by atoms with E-state index in [2.05, 4.69) is 22.4 Å². The summed E-state index contributed by atoms with van der Waals surface area (Å²) in [7, 11) is 0. The number of tetrazole rings is 1. The summed E-state index contributed by atoms with van der Waals surface area (Å²) in [6.07, 6.45) is 1.95. The van der Waals surface area contributed by atoms with Crippen LogP contribution in [-0.2, 0) is 6.42 Å². The molecule has 0 saturated carbocycles. The van der Waals surface area contributed by atoms with Gasteiger partial charge in [0.05, 0.1) is 5.69 Å². The largest absolute Gasteiger partial charge is 0.197 e. The summed E-state index contributed by atoms with van der Waals surface area (Å²) in [5.41, 5.74) is 1.01. The molecule has 0 saturated heterocycles. The van der Waals surface area contributed by atoms with E-state index in [9.17, 15) is 0 Å². The van der Waals surface area contributed by atoms with Gasteiger partial charge in [-0.15, -0.1) is 5.10 Å². The van der Waals surface area contributed by atoms with Crippen LogP contribution in [0.1, 0.15) is 19.2 Å². The lowest BCUT2D eigenvalue weighted by atomic mass is 10.3. The summed E-state index contributed by atoms with van der Waals surface area (Å²) in [6.45, 7) is 2.12. The van der Waals surface area contributed by atoms with Crippen LogP contribution in [0.4, 0.5) is 0 Å². The van der Waals surface area contributed by atoms with Crippen LogP contribution >= 0.6 is 0 Å². The maximum absolute atomic E-state index is 3.98. The second-order valence-electron chi connectivity index (χ2n) is 3.09. The van der Waals surface area contributed by atoms with Crippen LogP contribution in [0.15, 0.2) is 30.3 Å². The minimum Gasteiger partial charge on any atom is -0.197 e. The number of nitrogens with zero attached hydrogens (tertiary/aromatic N) is 4. The average Bonchev–Trinajstić information content (AvgIpc) is 2.68. The molecule has 72 valence electrons. The molecule has 0 atom stereocenters. The second-order valence-corrected chi connectivity index (χ2v) is 3.09. The molecular weight excluding hydrogens is 176 g/mol. The summed E-state index contributed by atoms with van der Waals surface area (Å²) in [6, 6.07) is 9.93. The molecule has 0 bridgehead atoms. The van der Waals surface area contributed by atoms with Gasteiger partial charge in [0.15, 0.2) is 5.82 Å². The van der Waals surface area contributed by atoms with Gasteiger partial charge in [0.25, 0.3) is 0 Å². The van der Waals surface area contributed by atoms with E-state index in [4.69, 9.17) is 0 Å². The summed E-state index contributed by atoms with van der Waals surface area (Å²) < 4.78 is 1.78. The van der Waals surface area contributed by atoms with E-state index in [1.54, 1.807) is 4.68 Å². The van der Waals surface area contributed by atoms with Crippen molar-refractivity contribution in [2.75, 3.05) is 0 Å². The fourth-order valence-corrected chi connectivity index (χ4v) is 1.35. The fourth-order valence-electron chi connectivity index (χ4n) is 1.35. The first-order chi connectivity index (χ1) is 6.92. The molecule has 4 heteroatoms. The van der Waals surface area contributed by atoms with Gasteiger partial charge in [-0.1, -0.05) is 25.1 Å². The zero-order valence-corrected chi connectivity index (χ0v) is 8.09. The van der Waals surface area contributed by atoms with E-state index < -0.39 is 0 Å². The van der Waals surface area contributed by atoms with Crippen LogP contribution in [0.2, 0.25) is 0 Å². The smallest absolute Gasteiger partial charge is 0.156 e. The van der Waals surface area contributed by atoms with Gasteiger partial charge in [-0.25, -0.2) is 0 Å². The third kappa shape index (κ3) is 1.64. The third-order valence-corrected chi connectivity index (χ3v) is 2.01. The maximum Gasteiger partial charge on any atom is 0.156 e. The Kier molecular flexibility index (Phi) is 2.53. The van der Waals surface area contributed by atoms with Crippen molar-refractivity contribution in [3.63, 3.8) is 0 Å². The van der Waals surface area contributed by atoms with Crippen LogP contribution in [0, 0.1) is 0 Å². The molecule has 0 aliphatic heterocycles. The highest BCUT2D eigenvalue weighted by Gasteiger charge is 2.05. The van der Waals surface area contributed by atoms with Crippen LogP contribution in [-0.4, -0.2) is 20.2 Å². The van der Waals surface area contributed by atoms with Gasteiger partial charge >= 0.3 is 0 Å². The van der Waals surface area contributed by atoms with Gasteiger partial charge in [-0.05, 0) is 29.0 Å². The Morgan fingerprint density at radius 2 is 2.00 bits per heavy atom. The Morgan fingerprint density at radius 1 is 1.21 bits per heavy atom. The van der Waals surface area contributed by atoms with Crippen molar-refractivity contribution in [2.24, 2.45) is 0 Å². The first-order valence-corrected chi connectivity index (χ1v) is 4.74. The van der Waals surface area contributed by atoms with Crippen molar-refractivity contribution >= 4 is 0 Å². The van der Waals surface area contributed by atoms with Gasteiger partial charge in [-0.3, -0.25) is 0 Å². The first kappa shape index (κ1) is 8.87. The first-order valence-electron chi connectivity index (χ1n) is 4.74. The lowest BCUT2D eigenvalue weighted by Gasteiger charge is -2.01. The predicted octanol–water partition coefficient (Wildman–Crippen LogP) is 1.61. The molecular formula is C10H12N4. The van der Waals surface area contributed by atoms with Gasteiger partial charge in [0.1, 0.15) is 0 Å². The zero-order valence-electron chi connectivity index (χ0n) is 8.09. The van der Waals surface area contributed by atoms with Crippen LogP contribution in [0.3, 0.4) is 0 Å². The van der Waals surface area contributed by atoms with E-state index in [1.807, 2.05) is 30.3 Å². The van der Waals surface area contributed by atoms with Crippen LogP contribution in [0.5, 0.6) is 0 Å². The Hall–Kier alpha value is -1.71. The van der Waals surface area contributed by atoms with Crippen molar-refractivity contribution < 1.29 is 0 Å². The molecule has 0 spiro atoms. The van der Waals surface area contributed by atoms with Crippen molar-refractivity contribution in [1.29, 1.82) is 0 Å². The van der Waals surface area contributed by atoms with Crippen LogP contribution < -0.4 is 0 Å². The average molecular weight is 188 g/mol. The SMILES string of the molecule is CCCc1nnnn1-c1ccccc1. The topological polar surface area (TPSA) is 43.6 Å². The zero-order chi connectivity index (χ0) is 9.80. The van der Waals surface area contributed by atoms with E-state index in [0.717, 1.165) is 24.4 Å². The quantitative estimate of drug-likeness (QED) is 0.735. The molecule has 2 rings (SSSR count). The van der Waals surface area contributed by atoms with E-state index in [-0.39, 0.29) is 0 Å². The maximum atomic E-state index is 3.98. The molecule has 1 aromatic heterocycles. The highest BCUT2D eigenvalue weighted by Crippen LogP contribution is 2.07. The van der Waals surface area contributed by atoms with Gasteiger partial charge in [0.2, 0.25) is 0 Å². The lowest BCUT2D eigenvalue weighted by molar-refractivity contribution is 0.745. The summed E-state index contributed by atoms with van der Waals surface area (Å²) in [4.78, 5) is 0. The van der Waals surface area contributed by atoms with Crippen molar-refractivity contribution in [2.45, 2.75) is 19.8 Å². The van der Waals surface area contributed by atoms with Crippen molar-refractivity contribution in [1.82, 2.24) is 20.2 Å². The van der Waals surface area contributed by atoms with Crippen LogP contribution in [0.25, 0.3) is 5.69 Å². The Balaban J connectivity index is 2.37. The molecule has 2 aromatic rings. The number of hydrogen-bond acceptors (Lipinski definition) is 3. The number of hydrogen-bond donors (Lipinski definition) is 0. The molecule has 0 amide bonds. The summed E-state index contributed by atoms with van der Waals surface area (Å²) >= 11 is 0. The van der Waals surface area contributed by atoms with Crippen molar-refractivity contribution in [3.8, 4) is 5.69 Å². The highest BCUT2D eigenvalue weighted by atomic mass is 15.5. The molecule has 0 N–H and O–H groups in total. The fraction of sp³-hybridized carbons (Fsp3) is 0.300. The van der Waals surface area contributed by atoms with Gasteiger partial charge < -0.3 is 0 Å². The van der Waals surface area contributed by atoms with Gasteiger partial charge in [0, 0.05) is 6.42 Å². The third-order valence-electron chi connectivity index (χ3n) is 2.01. The number of benzene rings is 1. The molecule has 14 heavy (non-hydrogen) atoms. The molecule has 0 aliphatic rings. The Morgan fingerprint density at radius 3 is 2.71 bits per heavy atom. The van der Waals surface area contributed by atoms with Crippen molar-refractivity contribution in [3.05, 3.63) is 36.2 Å². The minimum atomic E-state index is 0.905. The summed E-state index contributed by atoms with van der Waals surface area (Å²) in [5, 5.41) is 11.6. The molecule has 0 unspecified atom stereocenters. The molecule has 1 aromatic carbocycles. The number of aromatic nitrogens is 4. The standard InChI is InChI=1S/C10H12N4/c1-2-6-10-11-12-13-14(10)9-7-4-3-5-8-9/h3-5,7-8H,2,6H2,1H3. The summed E-state index contributed by atoms with van der Waals surface area (Å²) in [5.74, 6) is 0.915. The molecule has 0 radical (unpaired) electrons. The van der Waals surface area contributed by atoms with E-state index in [1.165, 1.54) is 0 Å². The second kappa shape index (κ2) is 4.00. The highest BCUT2D eigenvalue weighted by molar-refractivity contribution is 5.30. The minimum absolute atomic E-state index is 0.905. The number of rotatable bonds is 3. The van der Waals surface area contributed by atoms with E-state index >= 15 is 0 Å². The molecule has 0 fully saturated rings. The predicted molar refractivity (Wildman–Crippen MR) is 53.1 cm³/mol. The number of aryl methyl sites for hydroxylation is 1. The van der Waals surface area contributed by atoms with Gasteiger partial charge in [-0.2, -0.15) is 4.68 Å². The monoisotopic (exact) mass is 188 g/mol.